The van der Waals surface area contributed by atoms with Crippen LogP contribution in [-0.2, 0) is 4.74 Å². The molecule has 2 saturated heterocycles. The maximum atomic E-state index is 12.4. The van der Waals surface area contributed by atoms with Gasteiger partial charge in [-0.25, -0.2) is 14.4 Å². The maximum Gasteiger partial charge on any atom is 0.225 e. The van der Waals surface area contributed by atoms with Crippen LogP contribution in [0.15, 0.2) is 24.3 Å². The number of hydrogen-bond donors (Lipinski definition) is 1. The maximum absolute atomic E-state index is 12.4. The summed E-state index contributed by atoms with van der Waals surface area (Å²) in [6.07, 6.45) is 3.70. The smallest absolute Gasteiger partial charge is 0.225 e. The topological polar surface area (TPSA) is 76.7 Å². The molecule has 0 radical (unpaired) electrons. The minimum absolute atomic E-state index is 0.109. The fraction of sp³-hybridized carbons (Fsp3) is 0.600. The van der Waals surface area contributed by atoms with E-state index in [1.807, 2.05) is 0 Å². The van der Waals surface area contributed by atoms with E-state index in [0.717, 1.165) is 39.4 Å². The first kappa shape index (κ1) is 16.1. The molecule has 8 heteroatoms. The van der Waals surface area contributed by atoms with Crippen molar-refractivity contribution in [2.24, 2.45) is 5.73 Å². The summed E-state index contributed by atoms with van der Waals surface area (Å²) in [5, 5.41) is 0. The van der Waals surface area contributed by atoms with Crippen LogP contribution < -0.4 is 15.4 Å². The van der Waals surface area contributed by atoms with Crippen molar-refractivity contribution in [3.05, 3.63) is 24.3 Å². The van der Waals surface area contributed by atoms with Crippen molar-refractivity contribution < 1.29 is 13.9 Å². The highest BCUT2D eigenvalue weighted by Crippen LogP contribution is 2.17. The van der Waals surface area contributed by atoms with Crippen molar-refractivity contribution in [2.45, 2.75) is 6.04 Å². The quantitative estimate of drug-likeness (QED) is 0.801. The number of nitrogens with two attached hydrogens (primary N) is 1. The van der Waals surface area contributed by atoms with Gasteiger partial charge in [-0.05, 0) is 0 Å². The average Bonchev–Trinajstić information content (AvgIpc) is 2.56. The van der Waals surface area contributed by atoms with Crippen LogP contribution in [0, 0.1) is 0 Å². The second kappa shape index (κ2) is 7.67. The molecule has 2 aliphatic heterocycles. The average molecular weight is 323 g/mol. The van der Waals surface area contributed by atoms with E-state index in [1.165, 1.54) is 0 Å². The van der Waals surface area contributed by atoms with Gasteiger partial charge in [0.2, 0.25) is 5.95 Å². The fourth-order valence-corrected chi connectivity index (χ4v) is 2.58. The second-order valence-corrected chi connectivity index (χ2v) is 5.69. The Balaban J connectivity index is 1.49. The molecular weight excluding hydrogens is 301 g/mol. The van der Waals surface area contributed by atoms with Crippen molar-refractivity contribution in [1.82, 2.24) is 14.9 Å². The van der Waals surface area contributed by atoms with E-state index < -0.39 is 0 Å². The van der Waals surface area contributed by atoms with E-state index in [9.17, 15) is 4.39 Å². The number of piperazine rings is 1. The van der Waals surface area contributed by atoms with E-state index in [2.05, 4.69) is 19.8 Å². The first-order chi connectivity index (χ1) is 11.3. The first-order valence-electron chi connectivity index (χ1n) is 7.80. The molecule has 2 aliphatic rings. The lowest BCUT2D eigenvalue weighted by Gasteiger charge is -2.42. The van der Waals surface area contributed by atoms with E-state index in [1.54, 1.807) is 12.4 Å². The van der Waals surface area contributed by atoms with Crippen LogP contribution in [0.4, 0.5) is 10.3 Å². The summed E-state index contributed by atoms with van der Waals surface area (Å²) in [7, 11) is 0. The number of rotatable bonds is 6. The van der Waals surface area contributed by atoms with Gasteiger partial charge in [-0.15, -0.1) is 0 Å². The van der Waals surface area contributed by atoms with Crippen molar-refractivity contribution >= 4 is 5.95 Å². The van der Waals surface area contributed by atoms with Crippen molar-refractivity contribution in [2.75, 3.05) is 57.4 Å². The Morgan fingerprint density at radius 3 is 2.52 bits per heavy atom. The van der Waals surface area contributed by atoms with Gasteiger partial charge in [0.05, 0.1) is 38.0 Å². The zero-order valence-electron chi connectivity index (χ0n) is 13.0. The van der Waals surface area contributed by atoms with Gasteiger partial charge in [-0.2, -0.15) is 0 Å². The molecule has 2 fully saturated rings. The van der Waals surface area contributed by atoms with Gasteiger partial charge in [0.1, 0.15) is 6.61 Å². The highest BCUT2D eigenvalue weighted by atomic mass is 19.1. The molecule has 1 aromatic rings. The van der Waals surface area contributed by atoms with E-state index in [0.29, 0.717) is 29.6 Å². The molecule has 0 spiro atoms. The number of nitrogens with zero attached hydrogens (tertiary/aromatic N) is 4. The van der Waals surface area contributed by atoms with Crippen molar-refractivity contribution in [3.63, 3.8) is 0 Å². The molecule has 3 heterocycles. The van der Waals surface area contributed by atoms with Gasteiger partial charge < -0.3 is 20.1 Å². The summed E-state index contributed by atoms with van der Waals surface area (Å²) >= 11 is 0. The third-order valence-electron chi connectivity index (χ3n) is 4.19. The lowest BCUT2D eigenvalue weighted by atomic mass is 10.2. The molecule has 0 unspecified atom stereocenters. The van der Waals surface area contributed by atoms with Crippen molar-refractivity contribution in [3.8, 4) is 5.75 Å². The molecule has 0 aromatic carbocycles. The Kier molecular flexibility index (Phi) is 5.37. The van der Waals surface area contributed by atoms with Crippen LogP contribution in [0.1, 0.15) is 0 Å². The Hall–Kier alpha value is -1.77. The number of halogens is 1. The second-order valence-electron chi connectivity index (χ2n) is 5.69. The van der Waals surface area contributed by atoms with Crippen LogP contribution in [0.3, 0.4) is 0 Å². The monoisotopic (exact) mass is 323 g/mol. The largest absolute Gasteiger partial charge is 0.486 e. The molecule has 1 aromatic heterocycles. The molecule has 0 bridgehead atoms. The highest BCUT2D eigenvalue weighted by molar-refractivity contribution is 5.32. The molecule has 0 amide bonds. The molecule has 0 aliphatic carbocycles. The summed E-state index contributed by atoms with van der Waals surface area (Å²) in [6, 6.07) is 0.578. The van der Waals surface area contributed by atoms with Gasteiger partial charge in [0, 0.05) is 38.3 Å². The van der Waals surface area contributed by atoms with Gasteiger partial charge in [-0.3, -0.25) is 4.90 Å². The zero-order chi connectivity index (χ0) is 16.1. The summed E-state index contributed by atoms with van der Waals surface area (Å²) in [5.41, 5.74) is 5.77. The van der Waals surface area contributed by atoms with Gasteiger partial charge in [-0.1, -0.05) is 0 Å². The molecule has 2 N–H and O–H groups in total. The van der Waals surface area contributed by atoms with E-state index >= 15 is 0 Å². The van der Waals surface area contributed by atoms with E-state index in [-0.39, 0.29) is 13.2 Å². The molecular formula is C15H22FN5O2. The normalized spacial score (nSPS) is 20.4. The number of anilines is 1. The molecule has 0 atom stereocenters. The van der Waals surface area contributed by atoms with Crippen molar-refractivity contribution in [1.29, 1.82) is 0 Å². The third kappa shape index (κ3) is 3.95. The standard InChI is InChI=1S/C15H22FN5O2/c16-5-12(6-17)9-23-14-7-18-15(19-8-14)21-3-1-20(2-4-21)13-10-22-11-13/h5,7-8,13H,1-4,6,9-11,17H2/b12-5+. The number of ether oxygens (including phenoxy) is 2. The SMILES string of the molecule is NC/C(=C\F)COc1cnc(N2CCN(C3COC3)CC2)nc1. The van der Waals surface area contributed by atoms with Gasteiger partial charge in [0.25, 0.3) is 0 Å². The van der Waals surface area contributed by atoms with Crippen LogP contribution in [0.5, 0.6) is 5.75 Å². The summed E-state index contributed by atoms with van der Waals surface area (Å²) < 4.78 is 23.1. The van der Waals surface area contributed by atoms with Gasteiger partial charge >= 0.3 is 0 Å². The summed E-state index contributed by atoms with van der Waals surface area (Å²) in [5.74, 6) is 1.20. The van der Waals surface area contributed by atoms with Crippen LogP contribution in [0.2, 0.25) is 0 Å². The van der Waals surface area contributed by atoms with Crippen LogP contribution in [0.25, 0.3) is 0 Å². The van der Waals surface area contributed by atoms with Crippen LogP contribution >= 0.6 is 0 Å². The Morgan fingerprint density at radius 2 is 2.00 bits per heavy atom. The summed E-state index contributed by atoms with van der Waals surface area (Å²) in [4.78, 5) is 13.3. The predicted molar refractivity (Wildman–Crippen MR) is 84.2 cm³/mol. The fourth-order valence-electron chi connectivity index (χ4n) is 2.58. The Labute approximate surface area is 134 Å². The zero-order valence-corrected chi connectivity index (χ0v) is 13.0. The molecule has 23 heavy (non-hydrogen) atoms. The predicted octanol–water partition coefficient (Wildman–Crippen LogP) is 0.188. The summed E-state index contributed by atoms with van der Waals surface area (Å²) in [6.45, 7) is 5.73. The minimum atomic E-state index is 0.109. The minimum Gasteiger partial charge on any atom is -0.486 e. The lowest BCUT2D eigenvalue weighted by molar-refractivity contribution is -0.0661. The molecule has 126 valence electrons. The highest BCUT2D eigenvalue weighted by Gasteiger charge is 2.29. The lowest BCUT2D eigenvalue weighted by Crippen LogP contribution is -2.56. The molecule has 3 rings (SSSR count). The molecule has 0 saturated carbocycles. The Bertz CT molecular complexity index is 527. The number of aromatic nitrogens is 2. The van der Waals surface area contributed by atoms with Crippen LogP contribution in [-0.4, -0.2) is 73.5 Å². The van der Waals surface area contributed by atoms with E-state index in [4.69, 9.17) is 15.2 Å². The third-order valence-corrected chi connectivity index (χ3v) is 4.19. The molecule has 7 nitrogen and oxygen atoms in total. The first-order valence-corrected chi connectivity index (χ1v) is 7.80. The Morgan fingerprint density at radius 1 is 1.30 bits per heavy atom. The number of hydrogen-bond acceptors (Lipinski definition) is 7. The van der Waals surface area contributed by atoms with Gasteiger partial charge in [0.15, 0.2) is 5.75 Å².